The first-order valence-electron chi connectivity index (χ1n) is 6.02. The molecule has 0 saturated carbocycles. The third-order valence-corrected chi connectivity index (χ3v) is 2.35. The van der Waals surface area contributed by atoms with Crippen LogP contribution < -0.4 is 10.5 Å². The number of nitrogens with zero attached hydrogens (tertiary/aromatic N) is 1. The third-order valence-electron chi connectivity index (χ3n) is 2.35. The van der Waals surface area contributed by atoms with Gasteiger partial charge in [-0.3, -0.25) is 9.36 Å². The predicted octanol–water partition coefficient (Wildman–Crippen LogP) is 2.01. The van der Waals surface area contributed by atoms with Gasteiger partial charge in [0.05, 0.1) is 18.5 Å². The lowest BCUT2D eigenvalue weighted by Gasteiger charge is -2.03. The molecule has 1 heterocycles. The van der Waals surface area contributed by atoms with E-state index >= 15 is 0 Å². The molecule has 0 spiro atoms. The number of rotatable bonds is 4. The fraction of sp³-hybridized carbons (Fsp3) is 0.385. The standard InChI is InChI=1S/C11H11NO5.C2H6/c1-12-8-3-2-7(16-5-4-10(13)14)6-9(8)17-11(12)15;1-2/h2-3,6H,4-5H2,1H3,(H,13,14);1-2H3. The van der Waals surface area contributed by atoms with E-state index in [1.54, 1.807) is 25.2 Å². The highest BCUT2D eigenvalue weighted by Crippen LogP contribution is 2.19. The van der Waals surface area contributed by atoms with Gasteiger partial charge >= 0.3 is 11.7 Å². The Morgan fingerprint density at radius 2 is 2.11 bits per heavy atom. The summed E-state index contributed by atoms with van der Waals surface area (Å²) in [5.41, 5.74) is 1.09. The lowest BCUT2D eigenvalue weighted by Crippen LogP contribution is -2.08. The summed E-state index contributed by atoms with van der Waals surface area (Å²) in [5, 5.41) is 8.46. The Morgan fingerprint density at radius 3 is 2.74 bits per heavy atom. The summed E-state index contributed by atoms with van der Waals surface area (Å²) in [5.74, 6) is -0.881. The van der Waals surface area contributed by atoms with Gasteiger partial charge in [-0.1, -0.05) is 13.8 Å². The molecule has 0 aliphatic heterocycles. The lowest BCUT2D eigenvalue weighted by molar-refractivity contribution is -0.137. The van der Waals surface area contributed by atoms with Gasteiger partial charge in [-0.25, -0.2) is 4.79 Å². The van der Waals surface area contributed by atoms with Gasteiger partial charge in [0.2, 0.25) is 0 Å². The molecule has 0 unspecified atom stereocenters. The van der Waals surface area contributed by atoms with Gasteiger partial charge in [0, 0.05) is 13.1 Å². The summed E-state index contributed by atoms with van der Waals surface area (Å²) >= 11 is 0. The molecule has 0 bridgehead atoms. The van der Waals surface area contributed by atoms with Crippen LogP contribution in [0.25, 0.3) is 11.1 Å². The number of carboxylic acid groups (broad SMARTS) is 1. The molecule has 0 radical (unpaired) electrons. The Morgan fingerprint density at radius 1 is 1.42 bits per heavy atom. The number of ether oxygens (including phenoxy) is 1. The third kappa shape index (κ3) is 3.61. The molecule has 1 aromatic heterocycles. The van der Waals surface area contributed by atoms with E-state index in [-0.39, 0.29) is 13.0 Å². The monoisotopic (exact) mass is 267 g/mol. The van der Waals surface area contributed by atoms with Gasteiger partial charge in [0.25, 0.3) is 0 Å². The van der Waals surface area contributed by atoms with E-state index in [9.17, 15) is 9.59 Å². The summed E-state index contributed by atoms with van der Waals surface area (Å²) in [6.07, 6.45) is -0.0726. The minimum atomic E-state index is -0.919. The topological polar surface area (TPSA) is 81.7 Å². The van der Waals surface area contributed by atoms with E-state index in [4.69, 9.17) is 14.3 Å². The molecule has 1 N–H and O–H groups in total. The Labute approximate surface area is 110 Å². The van der Waals surface area contributed by atoms with Crippen molar-refractivity contribution in [2.75, 3.05) is 6.61 Å². The van der Waals surface area contributed by atoms with Crippen molar-refractivity contribution in [2.24, 2.45) is 7.05 Å². The van der Waals surface area contributed by atoms with Crippen LogP contribution in [-0.2, 0) is 11.8 Å². The summed E-state index contributed by atoms with van der Waals surface area (Å²) < 4.78 is 11.6. The van der Waals surface area contributed by atoms with Crippen LogP contribution in [0.3, 0.4) is 0 Å². The number of hydrogen-bond acceptors (Lipinski definition) is 4. The van der Waals surface area contributed by atoms with Crippen LogP contribution in [-0.4, -0.2) is 22.2 Å². The second kappa shape index (κ2) is 6.63. The van der Waals surface area contributed by atoms with Crippen molar-refractivity contribution in [1.82, 2.24) is 4.57 Å². The number of aliphatic carboxylic acids is 1. The molecule has 104 valence electrons. The molecule has 0 aliphatic carbocycles. The van der Waals surface area contributed by atoms with E-state index in [1.165, 1.54) is 4.57 Å². The molecule has 0 atom stereocenters. The number of carboxylic acids is 1. The number of oxazole rings is 1. The summed E-state index contributed by atoms with van der Waals surface area (Å²) in [4.78, 5) is 21.5. The van der Waals surface area contributed by atoms with Gasteiger partial charge in [-0.05, 0) is 12.1 Å². The first-order valence-corrected chi connectivity index (χ1v) is 6.02. The molecule has 2 aromatic rings. The molecule has 0 fully saturated rings. The van der Waals surface area contributed by atoms with Crippen molar-refractivity contribution in [2.45, 2.75) is 20.3 Å². The molecular formula is C13H17NO5. The molecule has 0 amide bonds. The minimum Gasteiger partial charge on any atom is -0.493 e. The maximum absolute atomic E-state index is 11.2. The van der Waals surface area contributed by atoms with Crippen molar-refractivity contribution in [3.05, 3.63) is 28.7 Å². The number of aryl methyl sites for hydroxylation is 1. The largest absolute Gasteiger partial charge is 0.493 e. The molecule has 19 heavy (non-hydrogen) atoms. The zero-order valence-corrected chi connectivity index (χ0v) is 11.2. The quantitative estimate of drug-likeness (QED) is 0.916. The number of aromatic nitrogens is 1. The van der Waals surface area contributed by atoms with Gasteiger partial charge < -0.3 is 14.3 Å². The maximum atomic E-state index is 11.2. The van der Waals surface area contributed by atoms with Crippen LogP contribution >= 0.6 is 0 Å². The average Bonchev–Trinajstić information content (AvgIpc) is 2.67. The molecular weight excluding hydrogens is 250 g/mol. The van der Waals surface area contributed by atoms with E-state index < -0.39 is 11.7 Å². The Balaban J connectivity index is 0.000000861. The first-order chi connectivity index (χ1) is 9.08. The van der Waals surface area contributed by atoms with Crippen molar-refractivity contribution in [3.8, 4) is 5.75 Å². The molecule has 1 aromatic carbocycles. The molecule has 2 rings (SSSR count). The van der Waals surface area contributed by atoms with Crippen LogP contribution in [0, 0.1) is 0 Å². The predicted molar refractivity (Wildman–Crippen MR) is 70.6 cm³/mol. The fourth-order valence-electron chi connectivity index (χ4n) is 1.46. The smallest absolute Gasteiger partial charge is 0.419 e. The molecule has 6 heteroatoms. The van der Waals surface area contributed by atoms with Crippen LogP contribution in [0.4, 0.5) is 0 Å². The Hall–Kier alpha value is -2.24. The van der Waals surface area contributed by atoms with Gasteiger partial charge in [-0.15, -0.1) is 0 Å². The van der Waals surface area contributed by atoms with Crippen molar-refractivity contribution in [1.29, 1.82) is 0 Å². The lowest BCUT2D eigenvalue weighted by atomic mass is 10.3. The summed E-state index contributed by atoms with van der Waals surface area (Å²) in [7, 11) is 1.61. The maximum Gasteiger partial charge on any atom is 0.419 e. The van der Waals surface area contributed by atoms with Crippen LogP contribution in [0.15, 0.2) is 27.4 Å². The molecule has 6 nitrogen and oxygen atoms in total. The van der Waals surface area contributed by atoms with E-state index in [1.807, 2.05) is 13.8 Å². The Kier molecular flexibility index (Phi) is 5.17. The highest BCUT2D eigenvalue weighted by molar-refractivity contribution is 5.74. The van der Waals surface area contributed by atoms with Crippen LogP contribution in [0.1, 0.15) is 20.3 Å². The number of benzene rings is 1. The fourth-order valence-corrected chi connectivity index (χ4v) is 1.46. The average molecular weight is 267 g/mol. The zero-order chi connectivity index (χ0) is 14.4. The van der Waals surface area contributed by atoms with Crippen molar-refractivity contribution >= 4 is 17.1 Å². The van der Waals surface area contributed by atoms with Crippen LogP contribution in [0.2, 0.25) is 0 Å². The summed E-state index contributed by atoms with van der Waals surface area (Å²) in [6.45, 7) is 4.08. The van der Waals surface area contributed by atoms with Gasteiger partial charge in [-0.2, -0.15) is 0 Å². The zero-order valence-electron chi connectivity index (χ0n) is 11.2. The van der Waals surface area contributed by atoms with E-state index in [0.29, 0.717) is 16.8 Å². The molecule has 0 saturated heterocycles. The Bertz CT molecular complexity index is 611. The van der Waals surface area contributed by atoms with Gasteiger partial charge in [0.15, 0.2) is 5.58 Å². The molecule has 0 aliphatic rings. The van der Waals surface area contributed by atoms with Crippen molar-refractivity contribution in [3.63, 3.8) is 0 Å². The SMILES string of the molecule is CC.Cn1c(=O)oc2cc(OCCC(=O)O)ccc21. The number of fused-ring (bicyclic) bond motifs is 1. The normalized spacial score (nSPS) is 9.84. The van der Waals surface area contributed by atoms with Gasteiger partial charge in [0.1, 0.15) is 5.75 Å². The first kappa shape index (κ1) is 14.8. The highest BCUT2D eigenvalue weighted by Gasteiger charge is 2.07. The van der Waals surface area contributed by atoms with Crippen molar-refractivity contribution < 1.29 is 19.1 Å². The highest BCUT2D eigenvalue weighted by atomic mass is 16.5. The number of carbonyl (C=O) groups is 1. The second-order valence-corrected chi connectivity index (χ2v) is 3.55. The number of hydrogen-bond donors (Lipinski definition) is 1. The second-order valence-electron chi connectivity index (χ2n) is 3.55. The summed E-state index contributed by atoms with van der Waals surface area (Å²) in [6, 6.07) is 4.92. The van der Waals surface area contributed by atoms with E-state index in [2.05, 4.69) is 0 Å². The minimum absolute atomic E-state index is 0.0726. The van der Waals surface area contributed by atoms with E-state index in [0.717, 1.165) is 0 Å². The van der Waals surface area contributed by atoms with Crippen LogP contribution in [0.5, 0.6) is 5.75 Å².